The van der Waals surface area contributed by atoms with E-state index >= 15 is 0 Å². The van der Waals surface area contributed by atoms with Crippen LogP contribution >= 0.6 is 11.3 Å². The Kier molecular flexibility index (Phi) is 5.97. The van der Waals surface area contributed by atoms with Crippen LogP contribution in [0.4, 0.5) is 18.9 Å². The molecule has 2 aromatic carbocycles. The number of esters is 1. The molecule has 1 aromatic heterocycles. The number of nitrogens with one attached hydrogen (secondary N) is 1. The molecular weight excluding hydrogens is 405 g/mol. The number of amides is 1. The second-order valence-corrected chi connectivity index (χ2v) is 7.09. The Bertz CT molecular complexity index is 1030. The molecule has 0 saturated heterocycles. The molecule has 1 heterocycles. The number of hydrogen-bond acceptors (Lipinski definition) is 5. The molecule has 29 heavy (non-hydrogen) atoms. The average Bonchev–Trinajstić information content (AvgIpc) is 3.12. The molecule has 0 spiro atoms. The Hall–Kier alpha value is -3.20. The molecule has 5 nitrogen and oxygen atoms in total. The quantitative estimate of drug-likeness (QED) is 0.594. The minimum atomic E-state index is -4.49. The number of hydrogen-bond donors (Lipinski definition) is 1. The monoisotopic (exact) mass is 420 g/mol. The minimum absolute atomic E-state index is 0.0771. The summed E-state index contributed by atoms with van der Waals surface area (Å²) in [6, 6.07) is 10.6. The summed E-state index contributed by atoms with van der Waals surface area (Å²) in [6.45, 7) is 1.32. The summed E-state index contributed by atoms with van der Waals surface area (Å²) in [6.07, 6.45) is -4.49. The molecule has 9 heteroatoms. The summed E-state index contributed by atoms with van der Waals surface area (Å²) in [5.74, 6) is -1.46. The number of alkyl halides is 3. The summed E-state index contributed by atoms with van der Waals surface area (Å²) in [7, 11) is 0. The molecule has 0 aliphatic rings. The first-order chi connectivity index (χ1) is 13.7. The lowest BCUT2D eigenvalue weighted by Gasteiger charge is -2.09. The summed E-state index contributed by atoms with van der Waals surface area (Å²) in [4.78, 5) is 28.3. The third kappa shape index (κ3) is 5.41. The number of rotatable bonds is 5. The first-order valence-electron chi connectivity index (χ1n) is 8.39. The molecule has 0 fully saturated rings. The fourth-order valence-corrected chi connectivity index (χ4v) is 3.08. The van der Waals surface area contributed by atoms with Crippen molar-refractivity contribution in [3.63, 3.8) is 0 Å². The largest absolute Gasteiger partial charge is 0.452 e. The van der Waals surface area contributed by atoms with Crippen LogP contribution in [0.1, 0.15) is 20.9 Å². The van der Waals surface area contributed by atoms with Gasteiger partial charge >= 0.3 is 12.1 Å². The van der Waals surface area contributed by atoms with Gasteiger partial charge in [-0.1, -0.05) is 12.1 Å². The van der Waals surface area contributed by atoms with Crippen molar-refractivity contribution in [3.8, 4) is 11.3 Å². The van der Waals surface area contributed by atoms with Gasteiger partial charge in [0.05, 0.1) is 21.8 Å². The van der Waals surface area contributed by atoms with Crippen molar-refractivity contribution in [3.05, 3.63) is 70.0 Å². The molecule has 0 saturated carbocycles. The van der Waals surface area contributed by atoms with Crippen molar-refractivity contribution in [1.82, 2.24) is 4.98 Å². The highest BCUT2D eigenvalue weighted by Crippen LogP contribution is 2.29. The van der Waals surface area contributed by atoms with Gasteiger partial charge in [0.2, 0.25) is 0 Å². The first-order valence-corrected chi connectivity index (χ1v) is 9.27. The van der Waals surface area contributed by atoms with Gasteiger partial charge in [-0.05, 0) is 43.3 Å². The van der Waals surface area contributed by atoms with Crippen molar-refractivity contribution in [2.75, 3.05) is 11.9 Å². The van der Waals surface area contributed by atoms with Crippen molar-refractivity contribution in [1.29, 1.82) is 0 Å². The van der Waals surface area contributed by atoms with Gasteiger partial charge in [-0.2, -0.15) is 13.2 Å². The van der Waals surface area contributed by atoms with E-state index in [1.165, 1.54) is 11.3 Å². The lowest BCUT2D eigenvalue weighted by molar-refractivity contribution is -0.137. The van der Waals surface area contributed by atoms with Crippen LogP contribution in [-0.4, -0.2) is 23.5 Å². The fourth-order valence-electron chi connectivity index (χ4n) is 2.46. The topological polar surface area (TPSA) is 68.3 Å². The Morgan fingerprint density at radius 1 is 1.14 bits per heavy atom. The van der Waals surface area contributed by atoms with E-state index in [1.54, 1.807) is 18.2 Å². The minimum Gasteiger partial charge on any atom is -0.452 e. The van der Waals surface area contributed by atoms with Crippen LogP contribution in [0, 0.1) is 6.92 Å². The van der Waals surface area contributed by atoms with Gasteiger partial charge in [0.1, 0.15) is 0 Å². The van der Waals surface area contributed by atoms with Gasteiger partial charge in [-0.25, -0.2) is 9.78 Å². The van der Waals surface area contributed by atoms with Gasteiger partial charge < -0.3 is 10.1 Å². The van der Waals surface area contributed by atoms with E-state index < -0.39 is 30.2 Å². The normalized spacial score (nSPS) is 11.2. The molecule has 3 rings (SSSR count). The van der Waals surface area contributed by atoms with Gasteiger partial charge in [0.25, 0.3) is 5.91 Å². The lowest BCUT2D eigenvalue weighted by Crippen LogP contribution is -2.21. The van der Waals surface area contributed by atoms with E-state index in [2.05, 4.69) is 10.3 Å². The zero-order valence-corrected chi connectivity index (χ0v) is 15.9. The van der Waals surface area contributed by atoms with E-state index in [0.29, 0.717) is 5.69 Å². The van der Waals surface area contributed by atoms with Crippen molar-refractivity contribution < 1.29 is 27.5 Å². The number of aromatic nitrogens is 1. The smallest absolute Gasteiger partial charge is 0.416 e. The van der Waals surface area contributed by atoms with Crippen LogP contribution in [0.5, 0.6) is 0 Å². The standard InChI is InChI=1S/C20H15F3N2O3S/c1-12-24-17(11-29-12)14-3-2-4-16(9-14)25-18(26)10-28-19(27)13-5-7-15(8-6-13)20(21,22)23/h2-9,11H,10H2,1H3,(H,25,26). The van der Waals surface area contributed by atoms with E-state index in [-0.39, 0.29) is 5.56 Å². The third-order valence-corrected chi connectivity index (χ3v) is 4.62. The van der Waals surface area contributed by atoms with Crippen LogP contribution in [0.15, 0.2) is 53.9 Å². The number of halogens is 3. The molecule has 0 unspecified atom stereocenters. The number of thiazole rings is 1. The summed E-state index contributed by atoms with van der Waals surface area (Å²) in [5, 5.41) is 5.43. The SMILES string of the molecule is Cc1nc(-c2cccc(NC(=O)COC(=O)c3ccc(C(F)(F)F)cc3)c2)cs1. The lowest BCUT2D eigenvalue weighted by atomic mass is 10.1. The van der Waals surface area contributed by atoms with E-state index in [9.17, 15) is 22.8 Å². The zero-order valence-electron chi connectivity index (χ0n) is 15.1. The Morgan fingerprint density at radius 2 is 1.86 bits per heavy atom. The summed E-state index contributed by atoms with van der Waals surface area (Å²) < 4.78 is 42.5. The second-order valence-electron chi connectivity index (χ2n) is 6.03. The van der Waals surface area contributed by atoms with E-state index in [1.807, 2.05) is 18.4 Å². The molecule has 1 amide bonds. The van der Waals surface area contributed by atoms with Gasteiger partial charge in [-0.3, -0.25) is 4.79 Å². The molecule has 0 aliphatic carbocycles. The van der Waals surface area contributed by atoms with E-state index in [4.69, 9.17) is 4.74 Å². The Morgan fingerprint density at radius 3 is 2.48 bits per heavy atom. The highest BCUT2D eigenvalue weighted by Gasteiger charge is 2.30. The fraction of sp³-hybridized carbons (Fsp3) is 0.150. The molecule has 0 bridgehead atoms. The van der Waals surface area contributed by atoms with Crippen molar-refractivity contribution in [2.45, 2.75) is 13.1 Å². The van der Waals surface area contributed by atoms with Gasteiger partial charge in [0.15, 0.2) is 6.61 Å². The maximum atomic E-state index is 12.5. The van der Waals surface area contributed by atoms with Gasteiger partial charge in [-0.15, -0.1) is 11.3 Å². The van der Waals surface area contributed by atoms with Gasteiger partial charge in [0, 0.05) is 16.6 Å². The molecule has 1 N–H and O–H groups in total. The Labute approximate surface area is 168 Å². The molecule has 0 atom stereocenters. The van der Waals surface area contributed by atoms with Crippen molar-refractivity contribution in [2.24, 2.45) is 0 Å². The highest BCUT2D eigenvalue weighted by atomic mass is 32.1. The molecule has 0 aliphatic heterocycles. The number of nitrogens with zero attached hydrogens (tertiary/aromatic N) is 1. The highest BCUT2D eigenvalue weighted by molar-refractivity contribution is 7.09. The summed E-state index contributed by atoms with van der Waals surface area (Å²) >= 11 is 1.51. The average molecular weight is 420 g/mol. The van der Waals surface area contributed by atoms with Crippen LogP contribution in [-0.2, 0) is 15.7 Å². The molecule has 150 valence electrons. The maximum Gasteiger partial charge on any atom is 0.416 e. The number of carbonyl (C=O) groups excluding carboxylic acids is 2. The summed E-state index contributed by atoms with van der Waals surface area (Å²) in [5.41, 5.74) is 1.17. The number of anilines is 1. The first kappa shape index (κ1) is 20.5. The molecule has 3 aromatic rings. The van der Waals surface area contributed by atoms with Crippen molar-refractivity contribution >= 4 is 28.9 Å². The number of aryl methyl sites for hydroxylation is 1. The third-order valence-electron chi connectivity index (χ3n) is 3.84. The van der Waals surface area contributed by atoms with Crippen LogP contribution in [0.25, 0.3) is 11.3 Å². The number of carbonyl (C=O) groups is 2. The second kappa shape index (κ2) is 8.44. The molecular formula is C20H15F3N2O3S. The van der Waals surface area contributed by atoms with Crippen LogP contribution in [0.3, 0.4) is 0 Å². The van der Waals surface area contributed by atoms with Crippen LogP contribution in [0.2, 0.25) is 0 Å². The van der Waals surface area contributed by atoms with Crippen LogP contribution < -0.4 is 5.32 Å². The molecule has 0 radical (unpaired) electrons. The zero-order chi connectivity index (χ0) is 21.0. The number of benzene rings is 2. The Balaban J connectivity index is 1.56. The van der Waals surface area contributed by atoms with E-state index in [0.717, 1.165) is 40.5 Å². The predicted octanol–water partition coefficient (Wildman–Crippen LogP) is 4.93. The maximum absolute atomic E-state index is 12.5. The predicted molar refractivity (Wildman–Crippen MR) is 103 cm³/mol. The number of ether oxygens (including phenoxy) is 1.